The summed E-state index contributed by atoms with van der Waals surface area (Å²) in [7, 11) is -2.62. The molecular weight excluding hydrogens is 831 g/mol. The zero-order valence-electron chi connectivity index (χ0n) is 35.0. The molecule has 4 aromatic rings. The van der Waals surface area contributed by atoms with E-state index in [-0.39, 0.29) is 25.5 Å². The predicted octanol–water partition coefficient (Wildman–Crippen LogP) is 5.82. The van der Waals surface area contributed by atoms with Crippen molar-refractivity contribution in [2.75, 3.05) is 13.7 Å². The summed E-state index contributed by atoms with van der Waals surface area (Å²) in [5.74, 6) is -2.61. The molecule has 1 saturated heterocycles. The Morgan fingerprint density at radius 1 is 0.937 bits per heavy atom. The van der Waals surface area contributed by atoms with E-state index in [2.05, 4.69) is 15.4 Å². The molecule has 3 aliphatic carbocycles. The Morgan fingerprint density at radius 2 is 1.70 bits per heavy atom. The molecule has 4 heterocycles. The fourth-order valence-electron chi connectivity index (χ4n) is 9.14. The molecule has 3 N–H and O–H groups in total. The van der Waals surface area contributed by atoms with E-state index in [4.69, 9.17) is 23.6 Å². The highest BCUT2D eigenvalue weighted by Gasteiger charge is 2.62. The Balaban J connectivity index is 1.05. The molecule has 2 aromatic heterocycles. The molecule has 9 rings (SSSR count). The number of ether oxygens (including phenoxy) is 3. The van der Waals surface area contributed by atoms with Gasteiger partial charge in [0.05, 0.1) is 30.2 Å². The third-order valence-corrected chi connectivity index (χ3v) is 14.7. The molecule has 0 radical (unpaired) electrons. The number of rotatable bonds is 9. The van der Waals surface area contributed by atoms with Gasteiger partial charge in [-0.25, -0.2) is 23.0 Å². The van der Waals surface area contributed by atoms with Crippen LogP contribution in [0.5, 0.6) is 5.75 Å². The van der Waals surface area contributed by atoms with Gasteiger partial charge in [0, 0.05) is 29.4 Å². The molecular formula is C46H51N5O11S. The van der Waals surface area contributed by atoms with E-state index in [1.54, 1.807) is 30.3 Å². The number of fused-ring (bicyclic) bond motifs is 5. The molecule has 0 spiro atoms. The van der Waals surface area contributed by atoms with Crippen molar-refractivity contribution < 1.29 is 51.0 Å². The number of hydrogen-bond acceptors (Lipinski definition) is 12. The number of sulfonamides is 1. The van der Waals surface area contributed by atoms with Crippen LogP contribution in [0.3, 0.4) is 0 Å². The van der Waals surface area contributed by atoms with Crippen LogP contribution in [0, 0.1) is 5.92 Å². The first-order chi connectivity index (χ1) is 30.4. The van der Waals surface area contributed by atoms with Crippen molar-refractivity contribution in [2.45, 2.75) is 119 Å². The van der Waals surface area contributed by atoms with Gasteiger partial charge in [-0.1, -0.05) is 49.3 Å². The average molecular weight is 882 g/mol. The lowest BCUT2D eigenvalue weighted by atomic mass is 10.0. The van der Waals surface area contributed by atoms with Crippen molar-refractivity contribution in [1.82, 2.24) is 25.2 Å². The van der Waals surface area contributed by atoms with Crippen molar-refractivity contribution in [3.8, 4) is 17.0 Å². The van der Waals surface area contributed by atoms with Gasteiger partial charge in [-0.05, 0) is 88.5 Å². The van der Waals surface area contributed by atoms with E-state index in [0.717, 1.165) is 43.9 Å². The van der Waals surface area contributed by atoms with Crippen LogP contribution in [0.2, 0.25) is 0 Å². The normalized spacial score (nSPS) is 26.1. The maximum Gasteiger partial charge on any atom is 0.408 e. The van der Waals surface area contributed by atoms with E-state index in [1.165, 1.54) is 12.0 Å². The number of amides is 4. The highest BCUT2D eigenvalue weighted by atomic mass is 32.2. The quantitative estimate of drug-likeness (QED) is 0.134. The monoisotopic (exact) mass is 881 g/mol. The summed E-state index contributed by atoms with van der Waals surface area (Å²) in [6.07, 6.45) is 9.68. The SMILES string of the molecule is COC(=O)c1ccc(-c2cc(O[C@@H]3C[C@H]4C(=O)N[C@]5(C(=O)NS(=O)(=O)C6CC6)C[C@@H]5/C=C\CCCCC[C@H](NC(=O)OC5CCCC5)C(=O)N4C3)c3oc4ccccc4c3n2)cc1. The summed E-state index contributed by atoms with van der Waals surface area (Å²) in [4.78, 5) is 75.2. The average Bonchev–Trinajstić information content (AvgIpc) is 4.09. The Morgan fingerprint density at radius 3 is 2.46 bits per heavy atom. The minimum atomic E-state index is -3.93. The first-order valence-electron chi connectivity index (χ1n) is 21.9. The molecule has 2 aliphatic heterocycles. The van der Waals surface area contributed by atoms with Crippen molar-refractivity contribution in [1.29, 1.82) is 0 Å². The van der Waals surface area contributed by atoms with Gasteiger partial charge in [-0.15, -0.1) is 0 Å². The van der Waals surface area contributed by atoms with E-state index in [1.807, 2.05) is 36.4 Å². The molecule has 5 atom stereocenters. The van der Waals surface area contributed by atoms with Crippen molar-refractivity contribution in [3.05, 3.63) is 72.3 Å². The molecule has 4 amide bonds. The van der Waals surface area contributed by atoms with E-state index in [9.17, 15) is 32.4 Å². The number of nitrogens with zero attached hydrogens (tertiary/aromatic N) is 2. The topological polar surface area (TPSA) is 213 Å². The molecule has 2 aromatic carbocycles. The third-order valence-electron chi connectivity index (χ3n) is 12.9. The smallest absolute Gasteiger partial charge is 0.408 e. The van der Waals surface area contributed by atoms with Crippen LogP contribution < -0.4 is 20.1 Å². The van der Waals surface area contributed by atoms with Crippen molar-refractivity contribution >= 4 is 61.9 Å². The number of allylic oxidation sites excluding steroid dienone is 1. The number of carbonyl (C=O) groups is 5. The molecule has 3 saturated carbocycles. The maximum absolute atomic E-state index is 14.8. The minimum Gasteiger partial charge on any atom is -0.484 e. The van der Waals surface area contributed by atoms with Gasteiger partial charge in [0.25, 0.3) is 5.91 Å². The highest BCUT2D eigenvalue weighted by molar-refractivity contribution is 7.91. The van der Waals surface area contributed by atoms with Crippen LogP contribution in [0.15, 0.2) is 71.2 Å². The standard InChI is InChI=1S/C46H51N5O11S/c1-59-43(54)28-19-17-27(18-20-28)35-24-38(40-39(47-35)33-14-9-10-16-37(33)62-40)60-31-23-36-41(52)49-46(44(55)50-63(57,58)32-21-22-32)25-29(46)11-5-3-2-4-6-15-34(42(53)51(36)26-31)48-45(56)61-30-12-7-8-13-30/h5,9-11,14,16-20,24,29-32,34,36H,2-4,6-8,12-13,15,21-23,25-26H2,1H3,(H,48,56)(H,49,52)(H,50,55)/b11-5-/t29-,31+,34-,36-,46+/m0/s1. The second-order valence-electron chi connectivity index (χ2n) is 17.4. The summed E-state index contributed by atoms with van der Waals surface area (Å²) in [5.41, 5.74) is 1.43. The molecule has 0 bridgehead atoms. The Hall–Kier alpha value is -5.97. The van der Waals surface area contributed by atoms with Gasteiger partial charge in [0.15, 0.2) is 11.3 Å². The molecule has 332 valence electrons. The number of esters is 1. The molecule has 16 nitrogen and oxygen atoms in total. The van der Waals surface area contributed by atoms with Gasteiger partial charge < -0.3 is 34.2 Å². The van der Waals surface area contributed by atoms with Crippen LogP contribution in [0.1, 0.15) is 93.8 Å². The number of hydrogen-bond donors (Lipinski definition) is 3. The number of furan rings is 1. The number of pyridine rings is 1. The van der Waals surface area contributed by atoms with Gasteiger partial charge in [-0.2, -0.15) is 0 Å². The molecule has 63 heavy (non-hydrogen) atoms. The lowest BCUT2D eigenvalue weighted by molar-refractivity contribution is -0.141. The Kier molecular flexibility index (Phi) is 11.6. The number of para-hydroxylation sites is 1. The van der Waals surface area contributed by atoms with Crippen LogP contribution >= 0.6 is 0 Å². The van der Waals surface area contributed by atoms with Crippen molar-refractivity contribution in [3.63, 3.8) is 0 Å². The van der Waals surface area contributed by atoms with Crippen LogP contribution in [-0.4, -0.2) is 96.8 Å². The van der Waals surface area contributed by atoms with E-state index >= 15 is 0 Å². The first kappa shape index (κ1) is 42.3. The zero-order valence-corrected chi connectivity index (χ0v) is 35.8. The maximum atomic E-state index is 14.8. The lowest BCUT2D eigenvalue weighted by Gasteiger charge is -2.30. The summed E-state index contributed by atoms with van der Waals surface area (Å²) in [6.45, 7) is -0.0709. The summed E-state index contributed by atoms with van der Waals surface area (Å²) >= 11 is 0. The highest BCUT2D eigenvalue weighted by Crippen LogP contribution is 2.46. The molecule has 0 unspecified atom stereocenters. The second-order valence-corrected chi connectivity index (χ2v) is 19.3. The largest absolute Gasteiger partial charge is 0.484 e. The lowest BCUT2D eigenvalue weighted by Crippen LogP contribution is -2.58. The van der Waals surface area contributed by atoms with Gasteiger partial charge in [-0.3, -0.25) is 19.1 Å². The number of benzene rings is 2. The van der Waals surface area contributed by atoms with Crippen molar-refractivity contribution in [2.24, 2.45) is 5.92 Å². The Labute approximate surface area is 364 Å². The Bertz CT molecular complexity index is 2580. The first-order valence-corrected chi connectivity index (χ1v) is 23.5. The fourth-order valence-corrected chi connectivity index (χ4v) is 10.5. The summed E-state index contributed by atoms with van der Waals surface area (Å²) < 4.78 is 51.8. The number of methoxy groups -OCH3 is 1. The number of carbonyl (C=O) groups excluding carboxylic acids is 5. The minimum absolute atomic E-state index is 0.0113. The predicted molar refractivity (Wildman–Crippen MR) is 230 cm³/mol. The zero-order chi connectivity index (χ0) is 43.9. The fraction of sp³-hybridized carbons (Fsp3) is 0.478. The number of alkyl carbamates (subject to hydrolysis) is 1. The van der Waals surface area contributed by atoms with Gasteiger partial charge in [0.1, 0.15) is 40.9 Å². The van der Waals surface area contributed by atoms with Crippen LogP contribution in [0.25, 0.3) is 33.3 Å². The van der Waals surface area contributed by atoms with Gasteiger partial charge >= 0.3 is 12.1 Å². The number of nitrogens with one attached hydrogen (secondary N) is 3. The summed E-state index contributed by atoms with van der Waals surface area (Å²) in [5, 5.41) is 5.81. The van der Waals surface area contributed by atoms with E-state index < -0.39 is 74.7 Å². The van der Waals surface area contributed by atoms with Crippen LogP contribution in [0.4, 0.5) is 4.79 Å². The number of aromatic nitrogens is 1. The summed E-state index contributed by atoms with van der Waals surface area (Å²) in [6, 6.07) is 13.7. The molecule has 17 heteroatoms. The van der Waals surface area contributed by atoms with Gasteiger partial charge in [0.2, 0.25) is 21.8 Å². The second kappa shape index (κ2) is 17.3. The molecule has 4 fully saturated rings. The third kappa shape index (κ3) is 8.84. The molecule has 5 aliphatic rings. The van der Waals surface area contributed by atoms with E-state index in [0.29, 0.717) is 71.4 Å². The van der Waals surface area contributed by atoms with Crippen LogP contribution in [-0.2, 0) is 33.9 Å².